The van der Waals surface area contributed by atoms with E-state index in [0.717, 1.165) is 17.2 Å². The van der Waals surface area contributed by atoms with Gasteiger partial charge in [-0.2, -0.15) is 0 Å². The smallest absolute Gasteiger partial charge is 0.110 e. The Balaban J connectivity index is 2.02. The SMILES string of the molecule is Cc1ccc(CN(C)C(C)c2nc(CCl)cs2)cc1. The summed E-state index contributed by atoms with van der Waals surface area (Å²) in [5.41, 5.74) is 3.59. The highest BCUT2D eigenvalue weighted by Crippen LogP contribution is 2.24. The minimum Gasteiger partial charge on any atom is -0.293 e. The molecule has 0 radical (unpaired) electrons. The Bertz CT molecular complexity index is 521. The largest absolute Gasteiger partial charge is 0.293 e. The molecule has 0 N–H and O–H groups in total. The summed E-state index contributed by atoms with van der Waals surface area (Å²) in [4.78, 5) is 6.86. The summed E-state index contributed by atoms with van der Waals surface area (Å²) in [5, 5.41) is 3.17. The average Bonchev–Trinajstić information content (AvgIpc) is 2.89. The first kappa shape index (κ1) is 14.5. The van der Waals surface area contributed by atoms with Crippen molar-refractivity contribution in [2.24, 2.45) is 0 Å². The molecule has 0 saturated heterocycles. The van der Waals surface area contributed by atoms with Gasteiger partial charge in [-0.25, -0.2) is 4.98 Å². The van der Waals surface area contributed by atoms with Crippen LogP contribution in [0.2, 0.25) is 0 Å². The predicted octanol–water partition coefficient (Wildman–Crippen LogP) is 4.38. The van der Waals surface area contributed by atoms with E-state index in [2.05, 4.69) is 55.0 Å². The van der Waals surface area contributed by atoms with Gasteiger partial charge in [0.15, 0.2) is 0 Å². The van der Waals surface area contributed by atoms with Gasteiger partial charge in [-0.1, -0.05) is 29.8 Å². The molecule has 0 saturated carbocycles. The van der Waals surface area contributed by atoms with Crippen molar-refractivity contribution in [2.45, 2.75) is 32.3 Å². The van der Waals surface area contributed by atoms with Crippen LogP contribution in [0.15, 0.2) is 29.6 Å². The second kappa shape index (κ2) is 6.51. The highest BCUT2D eigenvalue weighted by Gasteiger charge is 2.15. The third-order valence-electron chi connectivity index (χ3n) is 3.28. The monoisotopic (exact) mass is 294 g/mol. The van der Waals surface area contributed by atoms with Crippen molar-refractivity contribution in [2.75, 3.05) is 7.05 Å². The second-order valence-electron chi connectivity index (χ2n) is 4.89. The number of hydrogen-bond acceptors (Lipinski definition) is 3. The van der Waals surface area contributed by atoms with Gasteiger partial charge in [0, 0.05) is 11.9 Å². The Labute approximate surface area is 124 Å². The summed E-state index contributed by atoms with van der Waals surface area (Å²) in [5.74, 6) is 0.491. The van der Waals surface area contributed by atoms with Crippen molar-refractivity contribution in [1.29, 1.82) is 0 Å². The molecule has 0 amide bonds. The van der Waals surface area contributed by atoms with E-state index in [1.807, 2.05) is 5.38 Å². The van der Waals surface area contributed by atoms with Crippen LogP contribution in [0.1, 0.15) is 34.8 Å². The van der Waals surface area contributed by atoms with Crippen molar-refractivity contribution in [3.63, 3.8) is 0 Å². The number of aromatic nitrogens is 1. The Hall–Kier alpha value is -0.900. The molecule has 2 nitrogen and oxygen atoms in total. The van der Waals surface area contributed by atoms with E-state index < -0.39 is 0 Å². The van der Waals surface area contributed by atoms with Crippen LogP contribution in [0.5, 0.6) is 0 Å². The zero-order valence-corrected chi connectivity index (χ0v) is 13.1. The van der Waals surface area contributed by atoms with Crippen molar-refractivity contribution in [3.8, 4) is 0 Å². The number of benzene rings is 1. The molecular formula is C15H19ClN2S. The van der Waals surface area contributed by atoms with E-state index in [1.165, 1.54) is 11.1 Å². The standard InChI is InChI=1S/C15H19ClN2S/c1-11-4-6-13(7-5-11)9-18(3)12(2)15-17-14(8-16)10-19-15/h4-7,10,12H,8-9H2,1-3H3. The van der Waals surface area contributed by atoms with E-state index in [9.17, 15) is 0 Å². The van der Waals surface area contributed by atoms with Crippen LogP contribution in [0.25, 0.3) is 0 Å². The lowest BCUT2D eigenvalue weighted by atomic mass is 10.1. The number of nitrogens with zero attached hydrogens (tertiary/aromatic N) is 2. The van der Waals surface area contributed by atoms with E-state index in [-0.39, 0.29) is 0 Å². The fourth-order valence-electron chi connectivity index (χ4n) is 1.88. The van der Waals surface area contributed by atoms with Crippen molar-refractivity contribution < 1.29 is 0 Å². The van der Waals surface area contributed by atoms with Crippen LogP contribution in [-0.2, 0) is 12.4 Å². The second-order valence-corrected chi connectivity index (χ2v) is 6.04. The third-order valence-corrected chi connectivity index (χ3v) is 4.62. The first-order valence-electron chi connectivity index (χ1n) is 6.36. The first-order chi connectivity index (χ1) is 9.10. The molecule has 0 aliphatic heterocycles. The molecule has 4 heteroatoms. The molecule has 0 fully saturated rings. The normalized spacial score (nSPS) is 12.9. The van der Waals surface area contributed by atoms with Crippen LogP contribution in [0, 0.1) is 6.92 Å². The minimum absolute atomic E-state index is 0.309. The summed E-state index contributed by atoms with van der Waals surface area (Å²) in [6.07, 6.45) is 0. The zero-order chi connectivity index (χ0) is 13.8. The van der Waals surface area contributed by atoms with Crippen LogP contribution >= 0.6 is 22.9 Å². The van der Waals surface area contributed by atoms with Gasteiger partial charge >= 0.3 is 0 Å². The fraction of sp³-hybridized carbons (Fsp3) is 0.400. The lowest BCUT2D eigenvalue weighted by molar-refractivity contribution is 0.252. The molecule has 1 aromatic heterocycles. The van der Waals surface area contributed by atoms with Gasteiger partial charge in [0.25, 0.3) is 0 Å². The third kappa shape index (κ3) is 3.78. The summed E-state index contributed by atoms with van der Waals surface area (Å²) in [6.45, 7) is 5.22. The minimum atomic E-state index is 0.309. The molecule has 0 spiro atoms. The maximum Gasteiger partial charge on any atom is 0.110 e. The Morgan fingerprint density at radius 1 is 1.32 bits per heavy atom. The molecule has 1 heterocycles. The van der Waals surface area contributed by atoms with Crippen molar-refractivity contribution in [1.82, 2.24) is 9.88 Å². The van der Waals surface area contributed by atoms with Crippen LogP contribution < -0.4 is 0 Å². The van der Waals surface area contributed by atoms with Crippen molar-refractivity contribution >= 4 is 22.9 Å². The first-order valence-corrected chi connectivity index (χ1v) is 7.77. The molecule has 2 aromatic rings. The van der Waals surface area contributed by atoms with E-state index in [4.69, 9.17) is 11.6 Å². The van der Waals surface area contributed by atoms with Crippen LogP contribution in [0.4, 0.5) is 0 Å². The molecule has 19 heavy (non-hydrogen) atoms. The molecule has 0 aliphatic rings. The Morgan fingerprint density at radius 3 is 2.58 bits per heavy atom. The number of halogens is 1. The molecule has 1 unspecified atom stereocenters. The van der Waals surface area contributed by atoms with Gasteiger partial charge in [-0.05, 0) is 26.5 Å². The fourth-order valence-corrected chi connectivity index (χ4v) is 3.05. The van der Waals surface area contributed by atoms with E-state index in [1.54, 1.807) is 11.3 Å². The number of aryl methyl sites for hydroxylation is 1. The number of hydrogen-bond donors (Lipinski definition) is 0. The lowest BCUT2D eigenvalue weighted by Crippen LogP contribution is -2.21. The van der Waals surface area contributed by atoms with E-state index in [0.29, 0.717) is 11.9 Å². The molecule has 1 aromatic carbocycles. The zero-order valence-electron chi connectivity index (χ0n) is 11.6. The quantitative estimate of drug-likeness (QED) is 0.761. The molecular weight excluding hydrogens is 276 g/mol. The predicted molar refractivity (Wildman–Crippen MR) is 82.7 cm³/mol. The molecule has 1 atom stereocenters. The maximum absolute atomic E-state index is 5.80. The summed E-state index contributed by atoms with van der Waals surface area (Å²) >= 11 is 7.49. The van der Waals surface area contributed by atoms with Gasteiger partial charge in [0.1, 0.15) is 5.01 Å². The Morgan fingerprint density at radius 2 is 2.00 bits per heavy atom. The van der Waals surface area contributed by atoms with Crippen molar-refractivity contribution in [3.05, 3.63) is 51.5 Å². The molecule has 0 bridgehead atoms. The van der Waals surface area contributed by atoms with E-state index >= 15 is 0 Å². The number of alkyl halides is 1. The average molecular weight is 295 g/mol. The van der Waals surface area contributed by atoms with Gasteiger partial charge in [0.2, 0.25) is 0 Å². The van der Waals surface area contributed by atoms with Gasteiger partial charge in [-0.3, -0.25) is 4.90 Å². The van der Waals surface area contributed by atoms with Crippen LogP contribution in [-0.4, -0.2) is 16.9 Å². The lowest BCUT2D eigenvalue weighted by Gasteiger charge is -2.23. The number of rotatable bonds is 5. The highest BCUT2D eigenvalue weighted by molar-refractivity contribution is 7.09. The summed E-state index contributed by atoms with van der Waals surface area (Å²) in [6, 6.07) is 8.99. The topological polar surface area (TPSA) is 16.1 Å². The molecule has 0 aliphatic carbocycles. The molecule has 102 valence electrons. The number of thiazole rings is 1. The van der Waals surface area contributed by atoms with Crippen LogP contribution in [0.3, 0.4) is 0 Å². The Kier molecular flexibility index (Phi) is 4.97. The molecule has 2 rings (SSSR count). The van der Waals surface area contributed by atoms with Gasteiger partial charge < -0.3 is 0 Å². The summed E-state index contributed by atoms with van der Waals surface area (Å²) < 4.78 is 0. The highest BCUT2D eigenvalue weighted by atomic mass is 35.5. The summed E-state index contributed by atoms with van der Waals surface area (Å²) in [7, 11) is 2.13. The van der Waals surface area contributed by atoms with Gasteiger partial charge in [-0.15, -0.1) is 22.9 Å². The van der Waals surface area contributed by atoms with Gasteiger partial charge in [0.05, 0.1) is 17.6 Å². The maximum atomic E-state index is 5.80.